The molecule has 2 unspecified atom stereocenters. The van der Waals surface area contributed by atoms with Gasteiger partial charge in [0.05, 0.1) is 5.56 Å². The Hall–Kier alpha value is -1.03. The molecule has 1 aromatic rings. The van der Waals surface area contributed by atoms with Gasteiger partial charge < -0.3 is 10.4 Å². The molecule has 17 heavy (non-hydrogen) atoms. The van der Waals surface area contributed by atoms with Crippen molar-refractivity contribution in [2.45, 2.75) is 33.2 Å². The highest BCUT2D eigenvalue weighted by Gasteiger charge is 2.15. The molecule has 0 radical (unpaired) electrons. The van der Waals surface area contributed by atoms with E-state index >= 15 is 0 Å². The van der Waals surface area contributed by atoms with Crippen LogP contribution in [0.3, 0.4) is 0 Å². The van der Waals surface area contributed by atoms with Crippen molar-refractivity contribution in [3.8, 4) is 0 Å². The summed E-state index contributed by atoms with van der Waals surface area (Å²) in [5, 5.41) is 12.4. The van der Waals surface area contributed by atoms with Gasteiger partial charge in [0.15, 0.2) is 0 Å². The minimum absolute atomic E-state index is 0.249. The van der Waals surface area contributed by atoms with Crippen LogP contribution in [0.2, 0.25) is 0 Å². The number of carboxylic acid groups (broad SMARTS) is 1. The maximum absolute atomic E-state index is 11.1. The highest BCUT2D eigenvalue weighted by atomic mass is 79.9. The Labute approximate surface area is 110 Å². The molecule has 0 saturated heterocycles. The lowest BCUT2D eigenvalue weighted by Crippen LogP contribution is -2.24. The Bertz CT molecular complexity index is 406. The Morgan fingerprint density at radius 1 is 1.47 bits per heavy atom. The smallest absolute Gasteiger partial charge is 0.337 e. The lowest BCUT2D eigenvalue weighted by atomic mass is 10.00. The van der Waals surface area contributed by atoms with Crippen molar-refractivity contribution < 1.29 is 9.90 Å². The molecule has 0 aromatic heterocycles. The summed E-state index contributed by atoms with van der Waals surface area (Å²) in [6, 6.07) is 5.51. The highest BCUT2D eigenvalue weighted by molar-refractivity contribution is 9.10. The zero-order valence-corrected chi connectivity index (χ0v) is 11.9. The van der Waals surface area contributed by atoms with E-state index < -0.39 is 5.97 Å². The average molecular weight is 300 g/mol. The predicted octanol–water partition coefficient (Wildman–Crippen LogP) is 3.99. The van der Waals surface area contributed by atoms with Gasteiger partial charge in [-0.2, -0.15) is 0 Å². The van der Waals surface area contributed by atoms with Crippen LogP contribution >= 0.6 is 15.9 Å². The Morgan fingerprint density at radius 3 is 2.65 bits per heavy atom. The first-order chi connectivity index (χ1) is 7.95. The maximum atomic E-state index is 11.1. The number of nitrogens with one attached hydrogen (secondary N) is 1. The molecule has 0 amide bonds. The van der Waals surface area contributed by atoms with Crippen LogP contribution in [0.1, 0.15) is 37.6 Å². The predicted molar refractivity (Wildman–Crippen MR) is 73.6 cm³/mol. The average Bonchev–Trinajstić information content (AvgIpc) is 2.29. The van der Waals surface area contributed by atoms with E-state index in [1.54, 1.807) is 12.1 Å². The second-order valence-electron chi connectivity index (χ2n) is 4.31. The number of hydrogen-bond acceptors (Lipinski definition) is 2. The summed E-state index contributed by atoms with van der Waals surface area (Å²) in [6.07, 6.45) is 1.06. The van der Waals surface area contributed by atoms with Crippen LogP contribution in [-0.2, 0) is 0 Å². The quantitative estimate of drug-likeness (QED) is 0.864. The number of carboxylic acids is 1. The lowest BCUT2D eigenvalue weighted by molar-refractivity contribution is 0.0698. The standard InChI is InChI=1S/C13H18BrNO2/c1-4-8(2)9(3)15-12-6-5-10(14)7-11(12)13(16)17/h5-9,15H,4H2,1-3H3,(H,16,17). The third kappa shape index (κ3) is 3.73. The normalized spacial score (nSPS) is 14.1. The number of rotatable bonds is 5. The van der Waals surface area contributed by atoms with Crippen molar-refractivity contribution in [1.29, 1.82) is 0 Å². The summed E-state index contributed by atoms with van der Waals surface area (Å²) in [4.78, 5) is 11.1. The van der Waals surface area contributed by atoms with Crippen molar-refractivity contribution in [2.75, 3.05) is 5.32 Å². The second-order valence-corrected chi connectivity index (χ2v) is 5.23. The van der Waals surface area contributed by atoms with E-state index in [1.807, 2.05) is 6.07 Å². The van der Waals surface area contributed by atoms with Gasteiger partial charge in [-0.1, -0.05) is 36.2 Å². The van der Waals surface area contributed by atoms with Gasteiger partial charge in [-0.25, -0.2) is 4.79 Å². The highest BCUT2D eigenvalue weighted by Crippen LogP contribution is 2.23. The molecule has 1 aromatic carbocycles. The second kappa shape index (κ2) is 6.05. The summed E-state index contributed by atoms with van der Waals surface area (Å²) >= 11 is 3.28. The maximum Gasteiger partial charge on any atom is 0.337 e. The third-order valence-corrected chi connectivity index (χ3v) is 3.59. The van der Waals surface area contributed by atoms with Crippen LogP contribution in [0.15, 0.2) is 22.7 Å². The van der Waals surface area contributed by atoms with Gasteiger partial charge in [0.25, 0.3) is 0 Å². The van der Waals surface area contributed by atoms with Crippen molar-refractivity contribution in [2.24, 2.45) is 5.92 Å². The van der Waals surface area contributed by atoms with Gasteiger partial charge in [-0.05, 0) is 31.0 Å². The Balaban J connectivity index is 2.94. The third-order valence-electron chi connectivity index (χ3n) is 3.09. The number of halogens is 1. The van der Waals surface area contributed by atoms with Gasteiger partial charge >= 0.3 is 5.97 Å². The fraction of sp³-hybridized carbons (Fsp3) is 0.462. The monoisotopic (exact) mass is 299 g/mol. The molecule has 0 aliphatic heterocycles. The van der Waals surface area contributed by atoms with Crippen molar-refractivity contribution in [3.63, 3.8) is 0 Å². The first-order valence-corrected chi connectivity index (χ1v) is 6.54. The summed E-state index contributed by atoms with van der Waals surface area (Å²) in [6.45, 7) is 6.35. The van der Waals surface area contributed by atoms with Gasteiger partial charge in [-0.15, -0.1) is 0 Å². The molecule has 0 spiro atoms. The van der Waals surface area contributed by atoms with Crippen LogP contribution in [0.4, 0.5) is 5.69 Å². The minimum Gasteiger partial charge on any atom is -0.478 e. The number of hydrogen-bond donors (Lipinski definition) is 2. The van der Waals surface area contributed by atoms with Gasteiger partial charge in [0, 0.05) is 16.2 Å². The van der Waals surface area contributed by atoms with E-state index in [1.165, 1.54) is 0 Å². The molecule has 0 bridgehead atoms. The SMILES string of the molecule is CCC(C)C(C)Nc1ccc(Br)cc1C(=O)O. The van der Waals surface area contributed by atoms with Gasteiger partial charge in [0.2, 0.25) is 0 Å². The molecule has 1 rings (SSSR count). The largest absolute Gasteiger partial charge is 0.478 e. The molecule has 0 aliphatic rings. The van der Waals surface area contributed by atoms with Crippen LogP contribution in [-0.4, -0.2) is 17.1 Å². The van der Waals surface area contributed by atoms with E-state index in [9.17, 15) is 4.79 Å². The summed E-state index contributed by atoms with van der Waals surface area (Å²) in [5.41, 5.74) is 0.975. The van der Waals surface area contributed by atoms with Crippen LogP contribution in [0, 0.1) is 5.92 Å². The Morgan fingerprint density at radius 2 is 2.12 bits per heavy atom. The zero-order valence-electron chi connectivity index (χ0n) is 10.3. The van der Waals surface area contributed by atoms with Crippen LogP contribution in [0.25, 0.3) is 0 Å². The van der Waals surface area contributed by atoms with Crippen molar-refractivity contribution in [3.05, 3.63) is 28.2 Å². The Kier molecular flexibility index (Phi) is 5.00. The molecular weight excluding hydrogens is 282 g/mol. The van der Waals surface area contributed by atoms with Gasteiger partial charge in [0.1, 0.15) is 0 Å². The minimum atomic E-state index is -0.912. The lowest BCUT2D eigenvalue weighted by Gasteiger charge is -2.22. The topological polar surface area (TPSA) is 49.3 Å². The molecule has 2 atom stereocenters. The fourth-order valence-electron chi connectivity index (χ4n) is 1.56. The van der Waals surface area contributed by atoms with E-state index in [0.717, 1.165) is 10.9 Å². The number of benzene rings is 1. The summed E-state index contributed by atoms with van der Waals surface area (Å²) < 4.78 is 0.775. The number of aromatic carboxylic acids is 1. The van der Waals surface area contributed by atoms with Crippen LogP contribution in [0.5, 0.6) is 0 Å². The molecule has 4 heteroatoms. The molecule has 0 saturated carbocycles. The summed E-state index contributed by atoms with van der Waals surface area (Å²) in [5.74, 6) is -0.412. The fourth-order valence-corrected chi connectivity index (χ4v) is 1.92. The molecule has 0 heterocycles. The molecule has 2 N–H and O–H groups in total. The van der Waals surface area contributed by atoms with Crippen molar-refractivity contribution in [1.82, 2.24) is 0 Å². The zero-order chi connectivity index (χ0) is 13.0. The first-order valence-electron chi connectivity index (χ1n) is 5.75. The molecule has 94 valence electrons. The summed E-state index contributed by atoms with van der Waals surface area (Å²) in [7, 11) is 0. The number of anilines is 1. The molecule has 0 aliphatic carbocycles. The number of carbonyl (C=O) groups is 1. The van der Waals surface area contributed by atoms with E-state index in [0.29, 0.717) is 17.2 Å². The molecule has 0 fully saturated rings. The van der Waals surface area contributed by atoms with Crippen molar-refractivity contribution >= 4 is 27.6 Å². The van der Waals surface area contributed by atoms with Gasteiger partial charge in [-0.3, -0.25) is 0 Å². The molecular formula is C13H18BrNO2. The van der Waals surface area contributed by atoms with Crippen LogP contribution < -0.4 is 5.32 Å². The van der Waals surface area contributed by atoms with E-state index in [4.69, 9.17) is 5.11 Å². The first kappa shape index (κ1) is 14.0. The van der Waals surface area contributed by atoms with E-state index in [-0.39, 0.29) is 6.04 Å². The van der Waals surface area contributed by atoms with E-state index in [2.05, 4.69) is 42.0 Å². The molecule has 3 nitrogen and oxygen atoms in total.